The van der Waals surface area contributed by atoms with Crippen LogP contribution in [0.4, 0.5) is 0 Å². The summed E-state index contributed by atoms with van der Waals surface area (Å²) in [7, 11) is 0. The molecule has 3 aromatic carbocycles. The third-order valence-corrected chi connectivity index (χ3v) is 6.16. The van der Waals surface area contributed by atoms with E-state index in [0.717, 1.165) is 33.4 Å². The Morgan fingerprint density at radius 1 is 0.906 bits per heavy atom. The Balaban J connectivity index is 1.80. The zero-order valence-corrected chi connectivity index (χ0v) is 19.1. The fourth-order valence-electron chi connectivity index (χ4n) is 3.54. The number of carbonyl (C=O) groups is 1. The molecule has 4 aromatic rings. The number of hydrogen-bond acceptors (Lipinski definition) is 4. The second-order valence-electron chi connectivity index (χ2n) is 7.49. The smallest absolute Gasteiger partial charge is 0.326 e. The van der Waals surface area contributed by atoms with Crippen molar-refractivity contribution >= 4 is 17.7 Å². The molecule has 0 unspecified atom stereocenters. The molecule has 0 saturated carbocycles. The van der Waals surface area contributed by atoms with Gasteiger partial charge in [-0.1, -0.05) is 102 Å². The largest absolute Gasteiger partial charge is 0.465 e. The lowest BCUT2D eigenvalue weighted by molar-refractivity contribution is -0.143. The van der Waals surface area contributed by atoms with Crippen LogP contribution >= 0.6 is 11.8 Å². The predicted molar refractivity (Wildman–Crippen MR) is 130 cm³/mol. The monoisotopic (exact) mass is 442 g/mol. The zero-order valence-electron chi connectivity index (χ0n) is 18.3. The number of carbonyl (C=O) groups excluding carboxylic acids is 1. The van der Waals surface area contributed by atoms with Gasteiger partial charge in [-0.25, -0.2) is 4.98 Å². The van der Waals surface area contributed by atoms with Crippen molar-refractivity contribution in [3.63, 3.8) is 0 Å². The van der Waals surface area contributed by atoms with Crippen LogP contribution in [0, 0.1) is 6.92 Å². The highest BCUT2D eigenvalue weighted by Gasteiger charge is 2.22. The summed E-state index contributed by atoms with van der Waals surface area (Å²) in [6, 6.07) is 28.7. The summed E-state index contributed by atoms with van der Waals surface area (Å²) in [4.78, 5) is 17.5. The third kappa shape index (κ3) is 5.11. The average Bonchev–Trinajstić information content (AvgIpc) is 3.18. The summed E-state index contributed by atoms with van der Waals surface area (Å²) in [6.07, 6.45) is 0. The van der Waals surface area contributed by atoms with Crippen molar-refractivity contribution in [2.45, 2.75) is 31.3 Å². The Morgan fingerprint density at radius 2 is 1.53 bits per heavy atom. The molecule has 0 aliphatic rings. The first-order chi connectivity index (χ1) is 15.7. The fourth-order valence-corrected chi connectivity index (χ4v) is 4.50. The topological polar surface area (TPSA) is 44.1 Å². The second-order valence-corrected chi connectivity index (χ2v) is 8.43. The van der Waals surface area contributed by atoms with E-state index in [1.165, 1.54) is 11.1 Å². The lowest BCUT2D eigenvalue weighted by atomic mass is 10.0. The molecule has 0 fully saturated rings. The van der Waals surface area contributed by atoms with Gasteiger partial charge >= 0.3 is 5.97 Å². The van der Waals surface area contributed by atoms with E-state index in [0.29, 0.717) is 6.61 Å². The summed E-state index contributed by atoms with van der Waals surface area (Å²) in [5.41, 5.74) is 6.29. The lowest BCUT2D eigenvalue weighted by Gasteiger charge is -2.12. The van der Waals surface area contributed by atoms with E-state index < -0.39 is 0 Å². The first kappa shape index (κ1) is 21.9. The van der Waals surface area contributed by atoms with Crippen LogP contribution in [-0.4, -0.2) is 22.1 Å². The van der Waals surface area contributed by atoms with E-state index in [1.54, 1.807) is 11.8 Å². The number of nitrogens with zero attached hydrogens (tertiary/aromatic N) is 2. The van der Waals surface area contributed by atoms with Crippen LogP contribution in [0.25, 0.3) is 22.5 Å². The molecule has 5 heteroatoms. The molecule has 0 spiro atoms. The Bertz CT molecular complexity index is 1170. The Morgan fingerprint density at radius 3 is 2.16 bits per heavy atom. The second kappa shape index (κ2) is 10.3. The van der Waals surface area contributed by atoms with Gasteiger partial charge in [0.15, 0.2) is 5.16 Å². The highest BCUT2D eigenvalue weighted by molar-refractivity contribution is 7.98. The molecule has 0 atom stereocenters. The molecule has 0 aliphatic heterocycles. The molecule has 0 aliphatic carbocycles. The number of aromatic nitrogens is 2. The van der Waals surface area contributed by atoms with Gasteiger partial charge in [-0.3, -0.25) is 4.79 Å². The number of ether oxygens (including phenoxy) is 1. The average molecular weight is 443 g/mol. The molecule has 0 saturated heterocycles. The minimum atomic E-state index is -0.265. The van der Waals surface area contributed by atoms with Crippen LogP contribution in [0.3, 0.4) is 0 Å². The number of esters is 1. The van der Waals surface area contributed by atoms with E-state index in [2.05, 4.69) is 55.5 Å². The van der Waals surface area contributed by atoms with Crippen LogP contribution in [0.1, 0.15) is 18.1 Å². The van der Waals surface area contributed by atoms with Crippen molar-refractivity contribution in [2.75, 3.05) is 6.61 Å². The number of rotatable bonds is 8. The van der Waals surface area contributed by atoms with Gasteiger partial charge in [-0.2, -0.15) is 0 Å². The number of aryl methyl sites for hydroxylation is 1. The van der Waals surface area contributed by atoms with E-state index in [-0.39, 0.29) is 12.5 Å². The quantitative estimate of drug-likeness (QED) is 0.235. The van der Waals surface area contributed by atoms with Gasteiger partial charge in [0.1, 0.15) is 6.54 Å². The van der Waals surface area contributed by atoms with Crippen molar-refractivity contribution in [2.24, 2.45) is 0 Å². The van der Waals surface area contributed by atoms with E-state index in [1.807, 2.05) is 47.9 Å². The Hall–Kier alpha value is -3.31. The summed E-state index contributed by atoms with van der Waals surface area (Å²) >= 11 is 1.63. The molecule has 162 valence electrons. The maximum Gasteiger partial charge on any atom is 0.326 e. The molecule has 0 N–H and O–H groups in total. The van der Waals surface area contributed by atoms with Gasteiger partial charge in [0.05, 0.1) is 18.0 Å². The van der Waals surface area contributed by atoms with Crippen molar-refractivity contribution in [3.05, 3.63) is 96.1 Å². The summed E-state index contributed by atoms with van der Waals surface area (Å²) in [5, 5.41) is 0.802. The third-order valence-electron chi connectivity index (χ3n) is 5.11. The molecule has 0 amide bonds. The number of thioether (sulfide) groups is 1. The molecule has 4 nitrogen and oxygen atoms in total. The minimum absolute atomic E-state index is 0.119. The molecule has 0 bridgehead atoms. The van der Waals surface area contributed by atoms with Crippen molar-refractivity contribution < 1.29 is 9.53 Å². The maximum absolute atomic E-state index is 12.5. The van der Waals surface area contributed by atoms with E-state index in [9.17, 15) is 4.79 Å². The van der Waals surface area contributed by atoms with Crippen LogP contribution in [0.2, 0.25) is 0 Å². The molecular formula is C27H26N2O2S. The van der Waals surface area contributed by atoms with Gasteiger partial charge in [0.25, 0.3) is 0 Å². The number of imidazole rings is 1. The summed E-state index contributed by atoms with van der Waals surface area (Å²) < 4.78 is 7.28. The van der Waals surface area contributed by atoms with Crippen LogP contribution in [0.5, 0.6) is 0 Å². The predicted octanol–water partition coefficient (Wildman–Crippen LogP) is 6.38. The normalized spacial score (nSPS) is 10.8. The van der Waals surface area contributed by atoms with Gasteiger partial charge in [0, 0.05) is 16.9 Å². The van der Waals surface area contributed by atoms with Crippen molar-refractivity contribution in [1.29, 1.82) is 0 Å². The zero-order chi connectivity index (χ0) is 22.3. The molecule has 32 heavy (non-hydrogen) atoms. The summed E-state index contributed by atoms with van der Waals surface area (Å²) in [5.74, 6) is 0.502. The van der Waals surface area contributed by atoms with Gasteiger partial charge in [0.2, 0.25) is 0 Å². The van der Waals surface area contributed by atoms with Gasteiger partial charge in [-0.15, -0.1) is 0 Å². The SMILES string of the molecule is CCOC(=O)Cn1c(SCc2ccc(C)cc2)nc(-c2ccccc2)c1-c1ccccc1. The van der Waals surface area contributed by atoms with Crippen LogP contribution in [-0.2, 0) is 21.8 Å². The van der Waals surface area contributed by atoms with Crippen molar-refractivity contribution in [3.8, 4) is 22.5 Å². The first-order valence-electron chi connectivity index (χ1n) is 10.7. The van der Waals surface area contributed by atoms with Crippen molar-refractivity contribution in [1.82, 2.24) is 9.55 Å². The molecular weight excluding hydrogens is 416 g/mol. The highest BCUT2D eigenvalue weighted by atomic mass is 32.2. The number of hydrogen-bond donors (Lipinski definition) is 0. The highest BCUT2D eigenvalue weighted by Crippen LogP contribution is 2.36. The number of benzene rings is 3. The van der Waals surface area contributed by atoms with Crippen LogP contribution in [0.15, 0.2) is 90.1 Å². The molecule has 4 rings (SSSR count). The van der Waals surface area contributed by atoms with Gasteiger partial charge < -0.3 is 9.30 Å². The standard InChI is InChI=1S/C27H26N2O2S/c1-3-31-24(30)18-29-26(23-12-8-5-9-13-23)25(22-10-6-4-7-11-22)28-27(29)32-19-21-16-14-20(2)15-17-21/h4-17H,3,18-19H2,1-2H3. The Kier molecular flexibility index (Phi) is 7.07. The van der Waals surface area contributed by atoms with E-state index >= 15 is 0 Å². The summed E-state index contributed by atoms with van der Waals surface area (Å²) in [6.45, 7) is 4.38. The van der Waals surface area contributed by atoms with Gasteiger partial charge in [-0.05, 0) is 19.4 Å². The maximum atomic E-state index is 12.5. The van der Waals surface area contributed by atoms with E-state index in [4.69, 9.17) is 9.72 Å². The molecule has 0 radical (unpaired) electrons. The molecule has 1 heterocycles. The fraction of sp³-hybridized carbons (Fsp3) is 0.185. The molecule has 1 aromatic heterocycles. The lowest BCUT2D eigenvalue weighted by Crippen LogP contribution is -2.15. The van der Waals surface area contributed by atoms with Crippen LogP contribution < -0.4 is 0 Å². The first-order valence-corrected chi connectivity index (χ1v) is 11.7. The minimum Gasteiger partial charge on any atom is -0.465 e. The Labute approximate surface area is 193 Å².